The molecule has 22 heavy (non-hydrogen) atoms. The van der Waals surface area contributed by atoms with Crippen molar-refractivity contribution in [3.8, 4) is 0 Å². The molecule has 0 aliphatic carbocycles. The molecule has 0 aliphatic heterocycles. The first-order valence-electron chi connectivity index (χ1n) is 7.20. The molecule has 0 bridgehead atoms. The number of aliphatic carboxylic acids is 1. The van der Waals surface area contributed by atoms with Gasteiger partial charge in [-0.05, 0) is 38.3 Å². The van der Waals surface area contributed by atoms with Crippen LogP contribution in [-0.4, -0.2) is 29.3 Å². The van der Waals surface area contributed by atoms with Crippen LogP contribution in [0, 0.1) is 0 Å². The van der Waals surface area contributed by atoms with Crippen LogP contribution < -0.4 is 5.32 Å². The standard InChI is InChI=1S/C17H23NO4/c1-17(2,3)22-16(21)18-12-4-5-13-6-8-14(9-7-13)10-11-15(19)20/h4-9H,10-12H2,1-3H3,(H,18,21)(H,19,20). The lowest BCUT2D eigenvalue weighted by molar-refractivity contribution is -0.136. The molecule has 120 valence electrons. The Hall–Kier alpha value is -2.30. The average Bonchev–Trinajstić information content (AvgIpc) is 2.40. The molecule has 0 saturated heterocycles. The van der Waals surface area contributed by atoms with Crippen LogP contribution in [0.4, 0.5) is 4.79 Å². The Morgan fingerprint density at radius 3 is 2.41 bits per heavy atom. The van der Waals surface area contributed by atoms with Crippen LogP contribution in [-0.2, 0) is 16.0 Å². The molecule has 0 radical (unpaired) electrons. The van der Waals surface area contributed by atoms with Crippen LogP contribution in [0.5, 0.6) is 0 Å². The SMILES string of the molecule is CC(C)(C)OC(=O)NCC=Cc1ccc(CCC(=O)O)cc1. The summed E-state index contributed by atoms with van der Waals surface area (Å²) in [5, 5.41) is 11.3. The smallest absolute Gasteiger partial charge is 0.407 e. The molecule has 5 heteroatoms. The van der Waals surface area contributed by atoms with Gasteiger partial charge in [0.25, 0.3) is 0 Å². The number of carboxylic acids is 1. The topological polar surface area (TPSA) is 75.6 Å². The molecule has 1 rings (SSSR count). The van der Waals surface area contributed by atoms with E-state index in [1.54, 1.807) is 0 Å². The van der Waals surface area contributed by atoms with Crippen molar-refractivity contribution in [2.75, 3.05) is 6.54 Å². The molecule has 0 aliphatic rings. The van der Waals surface area contributed by atoms with Gasteiger partial charge in [-0.15, -0.1) is 0 Å². The van der Waals surface area contributed by atoms with Crippen molar-refractivity contribution in [3.63, 3.8) is 0 Å². The first-order chi connectivity index (χ1) is 10.3. The number of alkyl carbamates (subject to hydrolysis) is 1. The number of hydrogen-bond donors (Lipinski definition) is 2. The number of hydrogen-bond acceptors (Lipinski definition) is 3. The minimum absolute atomic E-state index is 0.134. The predicted molar refractivity (Wildman–Crippen MR) is 85.7 cm³/mol. The maximum Gasteiger partial charge on any atom is 0.407 e. The maximum absolute atomic E-state index is 11.4. The third kappa shape index (κ3) is 8.09. The average molecular weight is 305 g/mol. The number of benzene rings is 1. The van der Waals surface area contributed by atoms with E-state index in [4.69, 9.17) is 9.84 Å². The lowest BCUT2D eigenvalue weighted by Crippen LogP contribution is -2.32. The zero-order valence-electron chi connectivity index (χ0n) is 13.3. The monoisotopic (exact) mass is 305 g/mol. The highest BCUT2D eigenvalue weighted by molar-refractivity contribution is 5.68. The van der Waals surface area contributed by atoms with E-state index >= 15 is 0 Å². The fraction of sp³-hybridized carbons (Fsp3) is 0.412. The molecule has 0 aromatic heterocycles. The Kier molecular flexibility index (Phi) is 6.63. The van der Waals surface area contributed by atoms with Crippen molar-refractivity contribution >= 4 is 18.1 Å². The van der Waals surface area contributed by atoms with Gasteiger partial charge in [0.05, 0.1) is 0 Å². The Morgan fingerprint density at radius 2 is 1.86 bits per heavy atom. The van der Waals surface area contributed by atoms with Crippen molar-refractivity contribution in [1.29, 1.82) is 0 Å². The molecule has 0 atom stereocenters. The van der Waals surface area contributed by atoms with Gasteiger partial charge in [-0.25, -0.2) is 4.79 Å². The Labute approximate surface area is 131 Å². The second kappa shape index (κ2) is 8.22. The Balaban J connectivity index is 2.37. The van der Waals surface area contributed by atoms with Crippen molar-refractivity contribution in [2.24, 2.45) is 0 Å². The summed E-state index contributed by atoms with van der Waals surface area (Å²) in [5.74, 6) is -0.794. The van der Waals surface area contributed by atoms with Crippen LogP contribution >= 0.6 is 0 Å². The highest BCUT2D eigenvalue weighted by Crippen LogP contribution is 2.08. The molecule has 0 spiro atoms. The predicted octanol–water partition coefficient (Wildman–Crippen LogP) is 3.24. The molecular weight excluding hydrogens is 282 g/mol. The van der Waals surface area contributed by atoms with Crippen LogP contribution in [0.25, 0.3) is 6.08 Å². The maximum atomic E-state index is 11.4. The number of carbonyl (C=O) groups is 2. The molecule has 1 amide bonds. The van der Waals surface area contributed by atoms with Gasteiger partial charge in [-0.2, -0.15) is 0 Å². The largest absolute Gasteiger partial charge is 0.481 e. The van der Waals surface area contributed by atoms with Crippen LogP contribution in [0.15, 0.2) is 30.3 Å². The van der Waals surface area contributed by atoms with Crippen LogP contribution in [0.3, 0.4) is 0 Å². The van der Waals surface area contributed by atoms with Crippen LogP contribution in [0.2, 0.25) is 0 Å². The summed E-state index contributed by atoms with van der Waals surface area (Å²) < 4.78 is 5.12. The molecule has 0 saturated carbocycles. The van der Waals surface area contributed by atoms with E-state index in [9.17, 15) is 9.59 Å². The molecule has 2 N–H and O–H groups in total. The van der Waals surface area contributed by atoms with E-state index in [-0.39, 0.29) is 6.42 Å². The van der Waals surface area contributed by atoms with Crippen LogP contribution in [0.1, 0.15) is 38.3 Å². The van der Waals surface area contributed by atoms with Gasteiger partial charge < -0.3 is 15.2 Å². The number of rotatable bonds is 6. The number of carbonyl (C=O) groups excluding carboxylic acids is 1. The molecule has 0 unspecified atom stereocenters. The Bertz CT molecular complexity index is 527. The summed E-state index contributed by atoms with van der Waals surface area (Å²) in [5.41, 5.74) is 1.48. The number of aryl methyl sites for hydroxylation is 1. The fourth-order valence-corrected chi connectivity index (χ4v) is 1.70. The molecule has 5 nitrogen and oxygen atoms in total. The highest BCUT2D eigenvalue weighted by atomic mass is 16.6. The lowest BCUT2D eigenvalue weighted by Gasteiger charge is -2.19. The van der Waals surface area contributed by atoms with Gasteiger partial charge in [0.2, 0.25) is 0 Å². The fourth-order valence-electron chi connectivity index (χ4n) is 1.70. The number of carboxylic acid groups (broad SMARTS) is 1. The summed E-state index contributed by atoms with van der Waals surface area (Å²) in [6.07, 6.45) is 3.93. The van der Waals surface area contributed by atoms with E-state index < -0.39 is 17.7 Å². The van der Waals surface area contributed by atoms with E-state index in [0.29, 0.717) is 13.0 Å². The first kappa shape index (κ1) is 17.8. The van der Waals surface area contributed by atoms with Crippen molar-refractivity contribution in [3.05, 3.63) is 41.5 Å². The number of amides is 1. The third-order valence-corrected chi connectivity index (χ3v) is 2.68. The second-order valence-electron chi connectivity index (χ2n) is 5.92. The van der Waals surface area contributed by atoms with Crippen molar-refractivity contribution < 1.29 is 19.4 Å². The summed E-state index contributed by atoms with van der Waals surface area (Å²) in [6, 6.07) is 7.65. The van der Waals surface area contributed by atoms with Gasteiger partial charge in [-0.3, -0.25) is 4.79 Å². The lowest BCUT2D eigenvalue weighted by atomic mass is 10.1. The summed E-state index contributed by atoms with van der Waals surface area (Å²) in [7, 11) is 0. The number of nitrogens with one attached hydrogen (secondary N) is 1. The summed E-state index contributed by atoms with van der Waals surface area (Å²) in [4.78, 5) is 21.9. The summed E-state index contributed by atoms with van der Waals surface area (Å²) >= 11 is 0. The van der Waals surface area contributed by atoms with E-state index in [1.165, 1.54) is 0 Å². The van der Waals surface area contributed by atoms with Gasteiger partial charge in [-0.1, -0.05) is 36.4 Å². The number of ether oxygens (including phenoxy) is 1. The van der Waals surface area contributed by atoms with Gasteiger partial charge >= 0.3 is 12.1 Å². The van der Waals surface area contributed by atoms with E-state index in [0.717, 1.165) is 11.1 Å². The van der Waals surface area contributed by atoms with Crippen molar-refractivity contribution in [2.45, 2.75) is 39.2 Å². The highest BCUT2D eigenvalue weighted by Gasteiger charge is 2.14. The molecule has 0 heterocycles. The van der Waals surface area contributed by atoms with E-state index in [2.05, 4.69) is 5.32 Å². The second-order valence-corrected chi connectivity index (χ2v) is 5.92. The zero-order valence-corrected chi connectivity index (χ0v) is 13.3. The minimum atomic E-state index is -0.794. The zero-order chi connectivity index (χ0) is 16.6. The van der Waals surface area contributed by atoms with E-state index in [1.807, 2.05) is 57.2 Å². The molecule has 1 aromatic carbocycles. The van der Waals surface area contributed by atoms with Gasteiger partial charge in [0.1, 0.15) is 5.60 Å². The normalized spacial score (nSPS) is 11.4. The van der Waals surface area contributed by atoms with Crippen molar-refractivity contribution in [1.82, 2.24) is 5.32 Å². The minimum Gasteiger partial charge on any atom is -0.481 e. The quantitative estimate of drug-likeness (QED) is 0.846. The van der Waals surface area contributed by atoms with Gasteiger partial charge in [0.15, 0.2) is 0 Å². The molecule has 1 aromatic rings. The summed E-state index contributed by atoms with van der Waals surface area (Å²) in [6.45, 7) is 5.83. The molecular formula is C17H23NO4. The Morgan fingerprint density at radius 1 is 1.23 bits per heavy atom. The van der Waals surface area contributed by atoms with Gasteiger partial charge in [0, 0.05) is 13.0 Å². The third-order valence-electron chi connectivity index (χ3n) is 2.68. The molecule has 0 fully saturated rings. The first-order valence-corrected chi connectivity index (χ1v) is 7.20.